The van der Waals surface area contributed by atoms with E-state index in [0.29, 0.717) is 13.0 Å². The van der Waals surface area contributed by atoms with Crippen molar-refractivity contribution < 1.29 is 19.5 Å². The summed E-state index contributed by atoms with van der Waals surface area (Å²) in [6, 6.07) is -1.08. The average Bonchev–Trinajstić information content (AvgIpc) is 2.61. The fourth-order valence-electron chi connectivity index (χ4n) is 2.09. The third kappa shape index (κ3) is 2.97. The fourth-order valence-corrected chi connectivity index (χ4v) is 2.09. The van der Waals surface area contributed by atoms with Crippen LogP contribution in [0.5, 0.6) is 0 Å². The Kier molecular flexibility index (Phi) is 4.39. The average molecular weight is 271 g/mol. The summed E-state index contributed by atoms with van der Waals surface area (Å²) >= 11 is 0. The Morgan fingerprint density at radius 2 is 2.11 bits per heavy atom. The molecule has 108 valence electrons. The molecule has 0 radical (unpaired) electrons. The summed E-state index contributed by atoms with van der Waals surface area (Å²) in [5.74, 6) is -1.23. The second-order valence-corrected chi connectivity index (χ2v) is 5.16. The lowest BCUT2D eigenvalue weighted by Crippen LogP contribution is -2.58. The molecule has 0 aliphatic carbocycles. The Morgan fingerprint density at radius 1 is 1.53 bits per heavy atom. The SMILES string of the molecule is CCN(C(=O)NC1CCN(C)C1=O)C(C)(C)C(=O)O. The van der Waals surface area contributed by atoms with E-state index in [0.717, 1.165) is 0 Å². The third-order valence-electron chi connectivity index (χ3n) is 3.48. The number of hydrogen-bond donors (Lipinski definition) is 2. The quantitative estimate of drug-likeness (QED) is 0.759. The number of carbonyl (C=O) groups is 3. The molecule has 1 rings (SSSR count). The predicted octanol–water partition coefficient (Wildman–Crippen LogP) is 0.112. The van der Waals surface area contributed by atoms with Crippen molar-refractivity contribution in [2.75, 3.05) is 20.1 Å². The van der Waals surface area contributed by atoms with Crippen LogP contribution >= 0.6 is 0 Å². The van der Waals surface area contributed by atoms with E-state index >= 15 is 0 Å². The molecule has 0 aromatic heterocycles. The fraction of sp³-hybridized carbons (Fsp3) is 0.750. The maximum Gasteiger partial charge on any atom is 0.329 e. The molecule has 0 saturated carbocycles. The lowest BCUT2D eigenvalue weighted by molar-refractivity contribution is -0.147. The number of carboxylic acid groups (broad SMARTS) is 1. The number of likely N-dealkylation sites (tertiary alicyclic amines) is 1. The Bertz CT molecular complexity index is 394. The molecule has 0 bridgehead atoms. The second-order valence-electron chi connectivity index (χ2n) is 5.16. The summed E-state index contributed by atoms with van der Waals surface area (Å²) in [4.78, 5) is 37.8. The highest BCUT2D eigenvalue weighted by molar-refractivity contribution is 5.90. The first-order valence-electron chi connectivity index (χ1n) is 6.28. The van der Waals surface area contributed by atoms with Gasteiger partial charge in [-0.2, -0.15) is 0 Å². The van der Waals surface area contributed by atoms with E-state index in [2.05, 4.69) is 5.32 Å². The first-order chi connectivity index (χ1) is 8.71. The molecular formula is C12H21N3O4. The second kappa shape index (κ2) is 5.46. The number of carbonyl (C=O) groups excluding carboxylic acids is 2. The van der Waals surface area contributed by atoms with E-state index in [-0.39, 0.29) is 12.5 Å². The molecular weight excluding hydrogens is 250 g/mol. The van der Waals surface area contributed by atoms with Gasteiger partial charge in [0.25, 0.3) is 0 Å². The van der Waals surface area contributed by atoms with Crippen molar-refractivity contribution in [2.24, 2.45) is 0 Å². The van der Waals surface area contributed by atoms with Gasteiger partial charge in [-0.25, -0.2) is 9.59 Å². The Hall–Kier alpha value is -1.79. The molecule has 1 atom stereocenters. The molecule has 7 heteroatoms. The van der Waals surface area contributed by atoms with E-state index < -0.39 is 23.6 Å². The van der Waals surface area contributed by atoms with Gasteiger partial charge in [0.2, 0.25) is 5.91 Å². The first kappa shape index (κ1) is 15.3. The summed E-state index contributed by atoms with van der Waals surface area (Å²) in [7, 11) is 1.67. The summed E-state index contributed by atoms with van der Waals surface area (Å²) in [6.45, 7) is 5.47. The van der Waals surface area contributed by atoms with Crippen LogP contribution in [0.25, 0.3) is 0 Å². The monoisotopic (exact) mass is 271 g/mol. The molecule has 1 aliphatic heterocycles. The standard InChI is InChI=1S/C12H21N3O4/c1-5-15(12(2,3)10(17)18)11(19)13-8-6-7-14(4)9(8)16/h8H,5-7H2,1-4H3,(H,13,19)(H,17,18). The van der Waals surface area contributed by atoms with Gasteiger partial charge in [0.1, 0.15) is 11.6 Å². The maximum absolute atomic E-state index is 12.1. The number of nitrogens with zero attached hydrogens (tertiary/aromatic N) is 2. The molecule has 1 fully saturated rings. The van der Waals surface area contributed by atoms with Gasteiger partial charge in [-0.15, -0.1) is 0 Å². The molecule has 1 unspecified atom stereocenters. The zero-order valence-corrected chi connectivity index (χ0v) is 11.8. The summed E-state index contributed by atoms with van der Waals surface area (Å²) < 4.78 is 0. The predicted molar refractivity (Wildman–Crippen MR) is 68.7 cm³/mol. The number of likely N-dealkylation sites (N-methyl/N-ethyl adjacent to an activating group) is 2. The van der Waals surface area contributed by atoms with Crippen LogP contribution in [-0.2, 0) is 9.59 Å². The number of carboxylic acids is 1. The number of urea groups is 1. The highest BCUT2D eigenvalue weighted by Gasteiger charge is 2.39. The number of amides is 3. The van der Waals surface area contributed by atoms with Gasteiger partial charge in [0.15, 0.2) is 0 Å². The van der Waals surface area contributed by atoms with Gasteiger partial charge in [-0.1, -0.05) is 0 Å². The first-order valence-corrected chi connectivity index (χ1v) is 6.28. The molecule has 1 aliphatic rings. The molecule has 0 aromatic rings. The molecule has 7 nitrogen and oxygen atoms in total. The van der Waals surface area contributed by atoms with Crippen molar-refractivity contribution in [3.8, 4) is 0 Å². The van der Waals surface area contributed by atoms with Crippen molar-refractivity contribution >= 4 is 17.9 Å². The van der Waals surface area contributed by atoms with Crippen LogP contribution in [0.2, 0.25) is 0 Å². The molecule has 1 heterocycles. The molecule has 2 N–H and O–H groups in total. The third-order valence-corrected chi connectivity index (χ3v) is 3.48. The van der Waals surface area contributed by atoms with Crippen LogP contribution in [0.15, 0.2) is 0 Å². The number of rotatable bonds is 4. The van der Waals surface area contributed by atoms with Crippen LogP contribution in [0.4, 0.5) is 4.79 Å². The van der Waals surface area contributed by atoms with Crippen molar-refractivity contribution in [3.63, 3.8) is 0 Å². The molecule has 0 spiro atoms. The highest BCUT2D eigenvalue weighted by atomic mass is 16.4. The Balaban J connectivity index is 2.76. The topological polar surface area (TPSA) is 90.0 Å². The molecule has 0 aromatic carbocycles. The van der Waals surface area contributed by atoms with Gasteiger partial charge in [-0.05, 0) is 27.2 Å². The zero-order valence-electron chi connectivity index (χ0n) is 11.8. The van der Waals surface area contributed by atoms with Gasteiger partial charge in [0.05, 0.1) is 0 Å². The Morgan fingerprint density at radius 3 is 2.47 bits per heavy atom. The number of nitrogens with one attached hydrogen (secondary N) is 1. The van der Waals surface area contributed by atoms with Crippen LogP contribution < -0.4 is 5.32 Å². The normalized spacial score (nSPS) is 19.5. The van der Waals surface area contributed by atoms with Gasteiger partial charge in [-0.3, -0.25) is 4.79 Å². The summed E-state index contributed by atoms with van der Waals surface area (Å²) in [5.41, 5.74) is -1.31. The minimum atomic E-state index is -1.31. The molecule has 19 heavy (non-hydrogen) atoms. The minimum absolute atomic E-state index is 0.141. The van der Waals surface area contributed by atoms with Crippen molar-refractivity contribution in [2.45, 2.75) is 38.8 Å². The van der Waals surface area contributed by atoms with Crippen molar-refractivity contribution in [1.29, 1.82) is 0 Å². The van der Waals surface area contributed by atoms with Gasteiger partial charge >= 0.3 is 12.0 Å². The smallest absolute Gasteiger partial charge is 0.329 e. The number of aliphatic carboxylic acids is 1. The summed E-state index contributed by atoms with van der Waals surface area (Å²) in [5, 5.41) is 11.8. The molecule has 3 amide bonds. The maximum atomic E-state index is 12.1. The van der Waals surface area contributed by atoms with Gasteiger partial charge in [0, 0.05) is 20.1 Å². The van der Waals surface area contributed by atoms with E-state index in [4.69, 9.17) is 5.11 Å². The van der Waals surface area contributed by atoms with E-state index in [1.54, 1.807) is 18.9 Å². The lowest BCUT2D eigenvalue weighted by atomic mass is 10.0. The minimum Gasteiger partial charge on any atom is -0.480 e. The molecule has 1 saturated heterocycles. The zero-order chi connectivity index (χ0) is 14.8. The largest absolute Gasteiger partial charge is 0.480 e. The van der Waals surface area contributed by atoms with Gasteiger partial charge < -0.3 is 20.2 Å². The Labute approximate surface area is 112 Å². The number of hydrogen-bond acceptors (Lipinski definition) is 3. The lowest BCUT2D eigenvalue weighted by Gasteiger charge is -2.34. The van der Waals surface area contributed by atoms with E-state index in [1.807, 2.05) is 0 Å². The van der Waals surface area contributed by atoms with Crippen molar-refractivity contribution in [3.05, 3.63) is 0 Å². The van der Waals surface area contributed by atoms with Crippen molar-refractivity contribution in [1.82, 2.24) is 15.1 Å². The van der Waals surface area contributed by atoms with E-state index in [9.17, 15) is 14.4 Å². The van der Waals surface area contributed by atoms with Crippen LogP contribution in [-0.4, -0.2) is 64.5 Å². The van der Waals surface area contributed by atoms with E-state index in [1.165, 1.54) is 18.7 Å². The highest BCUT2D eigenvalue weighted by Crippen LogP contribution is 2.16. The van der Waals surface area contributed by atoms with Crippen LogP contribution in [0.3, 0.4) is 0 Å². The van der Waals surface area contributed by atoms with Crippen LogP contribution in [0, 0.1) is 0 Å². The van der Waals surface area contributed by atoms with Crippen LogP contribution in [0.1, 0.15) is 27.2 Å². The summed E-state index contributed by atoms with van der Waals surface area (Å²) in [6.07, 6.45) is 0.548.